The van der Waals surface area contributed by atoms with Crippen LogP contribution in [0.5, 0.6) is 5.75 Å². The molecule has 1 N–H and O–H groups in total. The van der Waals surface area contributed by atoms with E-state index in [-0.39, 0.29) is 23.6 Å². The molecule has 1 heterocycles. The van der Waals surface area contributed by atoms with E-state index >= 15 is 0 Å². The van der Waals surface area contributed by atoms with Crippen LogP contribution in [0.15, 0.2) is 24.3 Å². The lowest BCUT2D eigenvalue weighted by molar-refractivity contribution is -0.118. The molecule has 5 nitrogen and oxygen atoms in total. The van der Waals surface area contributed by atoms with E-state index in [0.29, 0.717) is 21.5 Å². The molecule has 0 aliphatic heterocycles. The maximum Gasteiger partial charge on any atom is 0.264 e. The van der Waals surface area contributed by atoms with E-state index in [0.717, 1.165) is 5.56 Å². The standard InChI is InChI=1S/C15H15BrN2O3S/c1-9-3-5-11(6-4-9)21-8-13(20)18-15-17-10(2)14(22-15)12(19)7-16/h3-6H,7-8H2,1-2H3,(H,17,18,20). The Morgan fingerprint density at radius 2 is 1.95 bits per heavy atom. The molecule has 2 aromatic rings. The first-order valence-electron chi connectivity index (χ1n) is 6.55. The Morgan fingerprint density at radius 3 is 2.59 bits per heavy atom. The van der Waals surface area contributed by atoms with Crippen LogP contribution in [-0.2, 0) is 4.79 Å². The minimum absolute atomic E-state index is 0.0496. The Morgan fingerprint density at radius 1 is 1.27 bits per heavy atom. The van der Waals surface area contributed by atoms with Crippen molar-refractivity contribution in [2.75, 3.05) is 17.3 Å². The fourth-order valence-electron chi connectivity index (χ4n) is 1.71. The minimum atomic E-state index is -0.313. The second-order valence-electron chi connectivity index (χ2n) is 4.64. The molecule has 0 aliphatic carbocycles. The molecule has 1 aromatic heterocycles. The average molecular weight is 383 g/mol. The molecule has 116 valence electrons. The number of hydrogen-bond acceptors (Lipinski definition) is 5. The van der Waals surface area contributed by atoms with Crippen LogP contribution in [0.1, 0.15) is 20.9 Å². The van der Waals surface area contributed by atoms with Crippen molar-refractivity contribution in [3.05, 3.63) is 40.4 Å². The van der Waals surface area contributed by atoms with Crippen molar-refractivity contribution in [1.82, 2.24) is 4.98 Å². The predicted octanol–water partition coefficient (Wildman–Crippen LogP) is 3.36. The van der Waals surface area contributed by atoms with Crippen LogP contribution < -0.4 is 10.1 Å². The summed E-state index contributed by atoms with van der Waals surface area (Å²) in [4.78, 5) is 28.2. The summed E-state index contributed by atoms with van der Waals surface area (Å²) in [5.74, 6) is 0.268. The Hall–Kier alpha value is -1.73. The second kappa shape index (κ2) is 7.51. The number of carbonyl (C=O) groups is 2. The van der Waals surface area contributed by atoms with E-state index in [1.165, 1.54) is 11.3 Å². The van der Waals surface area contributed by atoms with E-state index in [1.807, 2.05) is 31.2 Å². The van der Waals surface area contributed by atoms with Crippen LogP contribution in [-0.4, -0.2) is 28.6 Å². The maximum absolute atomic E-state index is 11.8. The first-order valence-corrected chi connectivity index (χ1v) is 8.49. The molecule has 0 spiro atoms. The van der Waals surface area contributed by atoms with E-state index < -0.39 is 0 Å². The normalized spacial score (nSPS) is 10.3. The summed E-state index contributed by atoms with van der Waals surface area (Å²) in [6.07, 6.45) is 0. The summed E-state index contributed by atoms with van der Waals surface area (Å²) in [6, 6.07) is 7.44. The van der Waals surface area contributed by atoms with Gasteiger partial charge in [0.2, 0.25) is 0 Å². The van der Waals surface area contributed by atoms with Crippen molar-refractivity contribution in [2.24, 2.45) is 0 Å². The van der Waals surface area contributed by atoms with Gasteiger partial charge in [0.25, 0.3) is 5.91 Å². The van der Waals surface area contributed by atoms with Crippen LogP contribution >= 0.6 is 27.3 Å². The molecule has 2 rings (SSSR count). The van der Waals surface area contributed by atoms with Gasteiger partial charge in [-0.2, -0.15) is 0 Å². The molecule has 0 fully saturated rings. The number of rotatable bonds is 6. The number of aryl methyl sites for hydroxylation is 2. The molecule has 0 atom stereocenters. The van der Waals surface area contributed by atoms with Gasteiger partial charge in [0.1, 0.15) is 5.75 Å². The number of hydrogen-bond donors (Lipinski definition) is 1. The van der Waals surface area contributed by atoms with Gasteiger partial charge in [-0.3, -0.25) is 14.9 Å². The summed E-state index contributed by atoms with van der Waals surface area (Å²) in [6.45, 7) is 3.61. The van der Waals surface area contributed by atoms with E-state index in [9.17, 15) is 9.59 Å². The highest BCUT2D eigenvalue weighted by atomic mass is 79.9. The molecule has 0 aliphatic rings. The molecule has 22 heavy (non-hydrogen) atoms. The van der Waals surface area contributed by atoms with E-state index in [2.05, 4.69) is 26.2 Å². The first-order chi connectivity index (χ1) is 10.5. The van der Waals surface area contributed by atoms with Crippen LogP contribution in [0.2, 0.25) is 0 Å². The van der Waals surface area contributed by atoms with Crippen molar-refractivity contribution in [2.45, 2.75) is 13.8 Å². The zero-order chi connectivity index (χ0) is 16.1. The number of nitrogens with one attached hydrogen (secondary N) is 1. The summed E-state index contributed by atoms with van der Waals surface area (Å²) in [5, 5.41) is 3.28. The van der Waals surface area contributed by atoms with Gasteiger partial charge < -0.3 is 4.74 Å². The minimum Gasteiger partial charge on any atom is -0.484 e. The Labute approximate surface area is 140 Å². The van der Waals surface area contributed by atoms with Crippen LogP contribution in [0, 0.1) is 13.8 Å². The van der Waals surface area contributed by atoms with Crippen molar-refractivity contribution in [3.8, 4) is 5.75 Å². The summed E-state index contributed by atoms with van der Waals surface area (Å²) >= 11 is 4.29. The molecular weight excluding hydrogens is 368 g/mol. The SMILES string of the molecule is Cc1ccc(OCC(=O)Nc2nc(C)c(C(=O)CBr)s2)cc1. The predicted molar refractivity (Wildman–Crippen MR) is 90.3 cm³/mol. The van der Waals surface area contributed by atoms with Gasteiger partial charge in [-0.25, -0.2) is 4.98 Å². The molecule has 1 amide bonds. The number of ketones is 1. The third-order valence-electron chi connectivity index (χ3n) is 2.81. The molecule has 0 saturated carbocycles. The van der Waals surface area contributed by atoms with Gasteiger partial charge in [-0.15, -0.1) is 0 Å². The van der Waals surface area contributed by atoms with Crippen molar-refractivity contribution >= 4 is 44.1 Å². The molecule has 0 radical (unpaired) electrons. The van der Waals surface area contributed by atoms with Gasteiger partial charge in [0.05, 0.1) is 15.9 Å². The van der Waals surface area contributed by atoms with Crippen LogP contribution in [0.25, 0.3) is 0 Å². The van der Waals surface area contributed by atoms with Gasteiger partial charge in [0.15, 0.2) is 17.5 Å². The third kappa shape index (κ3) is 4.38. The van der Waals surface area contributed by atoms with Crippen LogP contribution in [0.3, 0.4) is 0 Å². The van der Waals surface area contributed by atoms with Crippen LogP contribution in [0.4, 0.5) is 5.13 Å². The quantitative estimate of drug-likeness (QED) is 0.614. The summed E-state index contributed by atoms with van der Waals surface area (Å²) in [7, 11) is 0. The monoisotopic (exact) mass is 382 g/mol. The zero-order valence-electron chi connectivity index (χ0n) is 12.2. The lowest BCUT2D eigenvalue weighted by Crippen LogP contribution is -2.20. The maximum atomic E-state index is 11.8. The Bertz CT molecular complexity index is 683. The topological polar surface area (TPSA) is 68.3 Å². The van der Waals surface area contributed by atoms with Gasteiger partial charge >= 0.3 is 0 Å². The molecule has 1 aromatic carbocycles. The lowest BCUT2D eigenvalue weighted by Gasteiger charge is -2.05. The lowest BCUT2D eigenvalue weighted by atomic mass is 10.2. The Kier molecular flexibility index (Phi) is 5.68. The van der Waals surface area contributed by atoms with E-state index in [1.54, 1.807) is 6.92 Å². The van der Waals surface area contributed by atoms with E-state index in [4.69, 9.17) is 4.74 Å². The zero-order valence-corrected chi connectivity index (χ0v) is 14.6. The largest absolute Gasteiger partial charge is 0.484 e. The smallest absolute Gasteiger partial charge is 0.264 e. The molecule has 7 heteroatoms. The van der Waals surface area contributed by atoms with Gasteiger partial charge in [-0.05, 0) is 26.0 Å². The number of carbonyl (C=O) groups excluding carboxylic acids is 2. The van der Waals surface area contributed by atoms with Crippen molar-refractivity contribution in [1.29, 1.82) is 0 Å². The average Bonchev–Trinajstić information content (AvgIpc) is 2.86. The highest BCUT2D eigenvalue weighted by Gasteiger charge is 2.15. The number of halogens is 1. The highest BCUT2D eigenvalue weighted by Crippen LogP contribution is 2.23. The third-order valence-corrected chi connectivity index (χ3v) is 4.43. The van der Waals surface area contributed by atoms with Gasteiger partial charge in [-0.1, -0.05) is 45.0 Å². The number of benzene rings is 1. The number of alkyl halides is 1. The number of ether oxygens (including phenoxy) is 1. The van der Waals surface area contributed by atoms with Gasteiger partial charge in [0, 0.05) is 0 Å². The molecule has 0 bridgehead atoms. The van der Waals surface area contributed by atoms with Crippen molar-refractivity contribution < 1.29 is 14.3 Å². The number of aromatic nitrogens is 1. The Balaban J connectivity index is 1.92. The number of thiazole rings is 1. The first kappa shape index (κ1) is 16.6. The number of nitrogens with zero attached hydrogens (tertiary/aromatic N) is 1. The summed E-state index contributed by atoms with van der Waals surface area (Å²) in [5.41, 5.74) is 1.74. The number of Topliss-reactive ketones (excluding diaryl/α,β-unsaturated/α-hetero) is 1. The fraction of sp³-hybridized carbons (Fsp3) is 0.267. The van der Waals surface area contributed by atoms with Crippen molar-refractivity contribution in [3.63, 3.8) is 0 Å². The number of amides is 1. The number of anilines is 1. The molecule has 0 unspecified atom stereocenters. The molecule has 0 saturated heterocycles. The highest BCUT2D eigenvalue weighted by molar-refractivity contribution is 9.09. The second-order valence-corrected chi connectivity index (χ2v) is 6.20. The summed E-state index contributed by atoms with van der Waals surface area (Å²) < 4.78 is 5.39. The molecular formula is C15H15BrN2O3S. The fourth-order valence-corrected chi connectivity index (χ4v) is 3.09.